The lowest BCUT2D eigenvalue weighted by Gasteiger charge is -2.35. The van der Waals surface area contributed by atoms with Gasteiger partial charge in [-0.05, 0) is 0 Å². The quantitative estimate of drug-likeness (QED) is 0.494. The molecule has 7 nitrogen and oxygen atoms in total. The third-order valence-corrected chi connectivity index (χ3v) is 4.13. The van der Waals surface area contributed by atoms with Crippen LogP contribution in [0.1, 0.15) is 13.8 Å². The van der Waals surface area contributed by atoms with Crippen LogP contribution in [0.3, 0.4) is 0 Å². The van der Waals surface area contributed by atoms with Gasteiger partial charge < -0.3 is 10.3 Å². The van der Waals surface area contributed by atoms with Crippen molar-refractivity contribution in [3.05, 3.63) is 22.2 Å². The van der Waals surface area contributed by atoms with Crippen LogP contribution in [0.25, 0.3) is 0 Å². The van der Waals surface area contributed by atoms with Crippen molar-refractivity contribution >= 4 is 29.1 Å². The fourth-order valence-electron chi connectivity index (χ4n) is 2.21. The third kappa shape index (κ3) is 3.27. The Morgan fingerprint density at radius 2 is 2.11 bits per heavy atom. The first-order valence-corrected chi connectivity index (χ1v) is 6.97. The highest BCUT2D eigenvalue weighted by Gasteiger charge is 2.25. The predicted octanol–water partition coefficient (Wildman–Crippen LogP) is 1.61. The van der Waals surface area contributed by atoms with Gasteiger partial charge in [0.2, 0.25) is 0 Å². The van der Waals surface area contributed by atoms with E-state index < -0.39 is 4.92 Å². The van der Waals surface area contributed by atoms with Gasteiger partial charge in [-0.1, -0.05) is 13.8 Å². The van der Waals surface area contributed by atoms with Gasteiger partial charge in [0, 0.05) is 23.6 Å². The SMILES string of the molecule is CC1CN(c2cc([N+](=O)[O-])cc(NN)n2)CC(C)S1. The summed E-state index contributed by atoms with van der Waals surface area (Å²) in [5.41, 5.74) is 2.37. The Balaban J connectivity index is 2.32. The first kappa shape index (κ1) is 13.9. The fourth-order valence-corrected chi connectivity index (χ4v) is 3.53. The summed E-state index contributed by atoms with van der Waals surface area (Å²) in [5, 5.41) is 11.9. The molecule has 19 heavy (non-hydrogen) atoms. The molecule has 2 rings (SSSR count). The summed E-state index contributed by atoms with van der Waals surface area (Å²) in [6, 6.07) is 2.82. The number of hydrazine groups is 1. The highest BCUT2D eigenvalue weighted by molar-refractivity contribution is 8.00. The summed E-state index contributed by atoms with van der Waals surface area (Å²) >= 11 is 1.92. The van der Waals surface area contributed by atoms with E-state index in [0.717, 1.165) is 13.1 Å². The Labute approximate surface area is 115 Å². The zero-order valence-electron chi connectivity index (χ0n) is 10.9. The molecule has 1 aromatic heterocycles. The molecule has 0 radical (unpaired) electrons. The molecule has 0 spiro atoms. The molecular weight excluding hydrogens is 266 g/mol. The van der Waals surface area contributed by atoms with Crippen molar-refractivity contribution in [3.8, 4) is 0 Å². The van der Waals surface area contributed by atoms with Crippen molar-refractivity contribution < 1.29 is 4.92 Å². The summed E-state index contributed by atoms with van der Waals surface area (Å²) in [6.45, 7) is 5.94. The highest BCUT2D eigenvalue weighted by Crippen LogP contribution is 2.30. The number of anilines is 2. The lowest BCUT2D eigenvalue weighted by Crippen LogP contribution is -2.41. The minimum Gasteiger partial charge on any atom is -0.354 e. The van der Waals surface area contributed by atoms with Gasteiger partial charge in [-0.2, -0.15) is 11.8 Å². The van der Waals surface area contributed by atoms with E-state index in [4.69, 9.17) is 5.84 Å². The summed E-state index contributed by atoms with van der Waals surface area (Å²) < 4.78 is 0. The number of hydrogen-bond donors (Lipinski definition) is 2. The van der Waals surface area contributed by atoms with Crippen LogP contribution in [0.15, 0.2) is 12.1 Å². The van der Waals surface area contributed by atoms with E-state index in [0.29, 0.717) is 22.1 Å². The van der Waals surface area contributed by atoms with Crippen LogP contribution in [-0.4, -0.2) is 33.5 Å². The number of nitrogens with zero attached hydrogens (tertiary/aromatic N) is 3. The molecule has 1 aliphatic heterocycles. The number of aromatic nitrogens is 1. The lowest BCUT2D eigenvalue weighted by molar-refractivity contribution is -0.384. The van der Waals surface area contributed by atoms with Crippen LogP contribution in [-0.2, 0) is 0 Å². The minimum absolute atomic E-state index is 0.00326. The molecule has 0 aliphatic carbocycles. The fraction of sp³-hybridized carbons (Fsp3) is 0.545. The molecule has 2 unspecified atom stereocenters. The monoisotopic (exact) mass is 283 g/mol. The molecule has 2 atom stereocenters. The summed E-state index contributed by atoms with van der Waals surface area (Å²) in [5.74, 6) is 6.22. The van der Waals surface area contributed by atoms with E-state index in [2.05, 4.69) is 29.2 Å². The lowest BCUT2D eigenvalue weighted by atomic mass is 10.3. The number of rotatable bonds is 3. The van der Waals surface area contributed by atoms with Crippen LogP contribution in [0.2, 0.25) is 0 Å². The Morgan fingerprint density at radius 3 is 2.63 bits per heavy atom. The topological polar surface area (TPSA) is 97.3 Å². The van der Waals surface area contributed by atoms with Crippen molar-refractivity contribution in [2.24, 2.45) is 5.84 Å². The average molecular weight is 283 g/mol. The molecule has 8 heteroatoms. The second-order valence-corrected chi connectivity index (χ2v) is 6.51. The molecule has 1 fully saturated rings. The predicted molar refractivity (Wildman–Crippen MR) is 77.4 cm³/mol. The average Bonchev–Trinajstić information content (AvgIpc) is 2.37. The third-order valence-electron chi connectivity index (χ3n) is 2.90. The smallest absolute Gasteiger partial charge is 0.276 e. The van der Waals surface area contributed by atoms with Gasteiger partial charge in [-0.3, -0.25) is 10.1 Å². The Hall–Kier alpha value is -1.54. The number of nitrogen functional groups attached to an aromatic ring is 1. The van der Waals surface area contributed by atoms with Gasteiger partial charge in [0.05, 0.1) is 17.1 Å². The highest BCUT2D eigenvalue weighted by atomic mass is 32.2. The molecule has 1 aliphatic rings. The molecule has 0 aromatic carbocycles. The van der Waals surface area contributed by atoms with Gasteiger partial charge in [0.1, 0.15) is 11.6 Å². The van der Waals surface area contributed by atoms with E-state index >= 15 is 0 Å². The van der Waals surface area contributed by atoms with Crippen LogP contribution in [0.4, 0.5) is 17.3 Å². The molecule has 1 saturated heterocycles. The first-order chi connectivity index (χ1) is 8.99. The number of nitrogens with two attached hydrogens (primary N) is 1. The molecule has 104 valence electrons. The van der Waals surface area contributed by atoms with Crippen molar-refractivity contribution in [1.29, 1.82) is 0 Å². The van der Waals surface area contributed by atoms with E-state index in [1.165, 1.54) is 12.1 Å². The summed E-state index contributed by atoms with van der Waals surface area (Å²) in [7, 11) is 0. The van der Waals surface area contributed by atoms with Gasteiger partial charge in [0.25, 0.3) is 5.69 Å². The number of hydrogen-bond acceptors (Lipinski definition) is 7. The van der Waals surface area contributed by atoms with Crippen molar-refractivity contribution in [3.63, 3.8) is 0 Å². The maximum absolute atomic E-state index is 10.9. The normalized spacial score (nSPS) is 23.2. The zero-order chi connectivity index (χ0) is 14.0. The number of nitrogens with one attached hydrogen (secondary N) is 1. The molecule has 0 saturated carbocycles. The maximum atomic E-state index is 10.9. The molecule has 0 amide bonds. The van der Waals surface area contributed by atoms with Crippen LogP contribution >= 0.6 is 11.8 Å². The Morgan fingerprint density at radius 1 is 1.47 bits per heavy atom. The van der Waals surface area contributed by atoms with E-state index in [-0.39, 0.29) is 5.69 Å². The number of nitro groups is 1. The molecular formula is C11H17N5O2S. The number of thioether (sulfide) groups is 1. The standard InChI is InChI=1S/C11H17N5O2S/c1-7-5-15(6-8(2)19-7)11-4-9(16(17)18)3-10(13-11)14-12/h3-4,7-8H,5-6,12H2,1-2H3,(H,13,14). The second kappa shape index (κ2) is 5.62. The molecule has 2 heterocycles. The van der Waals surface area contributed by atoms with Gasteiger partial charge in [-0.25, -0.2) is 10.8 Å². The van der Waals surface area contributed by atoms with Crippen molar-refractivity contribution in [2.45, 2.75) is 24.3 Å². The minimum atomic E-state index is -0.433. The van der Waals surface area contributed by atoms with Crippen LogP contribution in [0.5, 0.6) is 0 Å². The first-order valence-electron chi connectivity index (χ1n) is 6.03. The molecule has 1 aromatic rings. The Bertz CT molecular complexity index is 474. The zero-order valence-corrected chi connectivity index (χ0v) is 11.7. The molecule has 0 bridgehead atoms. The van der Waals surface area contributed by atoms with Crippen molar-refractivity contribution in [1.82, 2.24) is 4.98 Å². The van der Waals surface area contributed by atoms with E-state index in [1.54, 1.807) is 0 Å². The number of pyridine rings is 1. The maximum Gasteiger partial charge on any atom is 0.276 e. The Kier molecular flexibility index (Phi) is 4.11. The summed E-state index contributed by atoms with van der Waals surface area (Å²) in [6.07, 6.45) is 0. The largest absolute Gasteiger partial charge is 0.354 e. The van der Waals surface area contributed by atoms with Gasteiger partial charge in [0.15, 0.2) is 0 Å². The van der Waals surface area contributed by atoms with E-state index in [9.17, 15) is 10.1 Å². The van der Waals surface area contributed by atoms with Crippen LogP contribution in [0, 0.1) is 10.1 Å². The second-order valence-electron chi connectivity index (χ2n) is 4.63. The van der Waals surface area contributed by atoms with Crippen molar-refractivity contribution in [2.75, 3.05) is 23.4 Å². The summed E-state index contributed by atoms with van der Waals surface area (Å²) in [4.78, 5) is 16.9. The van der Waals surface area contributed by atoms with Gasteiger partial charge >= 0.3 is 0 Å². The van der Waals surface area contributed by atoms with E-state index in [1.807, 2.05) is 11.8 Å². The van der Waals surface area contributed by atoms with Gasteiger partial charge in [-0.15, -0.1) is 0 Å². The molecule has 3 N–H and O–H groups in total. The van der Waals surface area contributed by atoms with Crippen LogP contribution < -0.4 is 16.2 Å².